The zero-order valence-corrected chi connectivity index (χ0v) is 10.4. The lowest BCUT2D eigenvalue weighted by molar-refractivity contribution is -0.142. The first-order valence-corrected chi connectivity index (χ1v) is 5.11. The summed E-state index contributed by atoms with van der Waals surface area (Å²) in [6, 6.07) is 2.66. The predicted octanol–water partition coefficient (Wildman–Crippen LogP) is 1.19. The fraction of sp³-hybridized carbons (Fsp3) is 0.417. The third kappa shape index (κ3) is 2.68. The number of ether oxygens (including phenoxy) is 3. The Kier molecular flexibility index (Phi) is 4.34. The van der Waals surface area contributed by atoms with E-state index < -0.39 is 12.0 Å². The smallest absolute Gasteiger partial charge is 0.327 e. The van der Waals surface area contributed by atoms with Crippen LogP contribution in [0.4, 0.5) is 0 Å². The molecule has 1 aromatic rings. The van der Waals surface area contributed by atoms with E-state index in [0.29, 0.717) is 17.1 Å². The summed E-state index contributed by atoms with van der Waals surface area (Å²) in [7, 11) is 4.32. The number of carbonyl (C=O) groups is 1. The summed E-state index contributed by atoms with van der Waals surface area (Å²) in [5.74, 6) is 0.491. The van der Waals surface area contributed by atoms with Crippen LogP contribution >= 0.6 is 0 Å². The summed E-state index contributed by atoms with van der Waals surface area (Å²) >= 11 is 0. The molecule has 0 aliphatic heterocycles. The van der Waals surface area contributed by atoms with Crippen LogP contribution in [0, 0.1) is 6.92 Å². The third-order valence-corrected chi connectivity index (χ3v) is 2.45. The zero-order valence-electron chi connectivity index (χ0n) is 10.4. The van der Waals surface area contributed by atoms with Crippen molar-refractivity contribution in [2.45, 2.75) is 13.0 Å². The molecule has 94 valence electrons. The third-order valence-electron chi connectivity index (χ3n) is 2.45. The van der Waals surface area contributed by atoms with Gasteiger partial charge in [0.15, 0.2) is 0 Å². The van der Waals surface area contributed by atoms with E-state index in [1.807, 2.05) is 6.92 Å². The molecule has 0 amide bonds. The van der Waals surface area contributed by atoms with Crippen molar-refractivity contribution >= 4 is 5.97 Å². The molecule has 0 saturated carbocycles. The molecule has 5 nitrogen and oxygen atoms in total. The summed E-state index contributed by atoms with van der Waals surface area (Å²) in [6.07, 6.45) is 0. The highest BCUT2D eigenvalue weighted by Crippen LogP contribution is 2.34. The van der Waals surface area contributed by atoms with E-state index in [4.69, 9.17) is 15.2 Å². The zero-order chi connectivity index (χ0) is 13.0. The predicted molar refractivity (Wildman–Crippen MR) is 63.2 cm³/mol. The van der Waals surface area contributed by atoms with Crippen LogP contribution < -0.4 is 15.2 Å². The fourth-order valence-corrected chi connectivity index (χ4v) is 1.62. The van der Waals surface area contributed by atoms with Gasteiger partial charge in [-0.1, -0.05) is 0 Å². The highest BCUT2D eigenvalue weighted by atomic mass is 16.5. The first-order chi connectivity index (χ1) is 8.04. The molecule has 0 heterocycles. The Morgan fingerprint density at radius 3 is 2.00 bits per heavy atom. The van der Waals surface area contributed by atoms with Crippen molar-refractivity contribution in [3.8, 4) is 11.5 Å². The number of nitrogens with two attached hydrogens (primary N) is 1. The quantitative estimate of drug-likeness (QED) is 0.799. The van der Waals surface area contributed by atoms with E-state index >= 15 is 0 Å². The summed E-state index contributed by atoms with van der Waals surface area (Å²) in [5.41, 5.74) is 7.27. The van der Waals surface area contributed by atoms with E-state index in [2.05, 4.69) is 4.74 Å². The van der Waals surface area contributed by atoms with Crippen molar-refractivity contribution in [3.05, 3.63) is 23.3 Å². The number of esters is 1. The molecule has 0 saturated heterocycles. The average molecular weight is 239 g/mol. The molecule has 1 rings (SSSR count). The minimum Gasteiger partial charge on any atom is -0.496 e. The second kappa shape index (κ2) is 5.54. The Morgan fingerprint density at radius 1 is 1.18 bits per heavy atom. The van der Waals surface area contributed by atoms with E-state index in [1.165, 1.54) is 21.3 Å². The van der Waals surface area contributed by atoms with Gasteiger partial charge in [-0.3, -0.25) is 0 Å². The molecule has 0 aliphatic carbocycles. The highest BCUT2D eigenvalue weighted by molar-refractivity contribution is 5.79. The van der Waals surface area contributed by atoms with Gasteiger partial charge in [0.25, 0.3) is 0 Å². The molecule has 5 heteroatoms. The van der Waals surface area contributed by atoms with Gasteiger partial charge in [-0.25, -0.2) is 4.79 Å². The standard InChI is InChI=1S/C12H17NO4/c1-7-5-8(15-2)10(9(6-7)16-3)11(13)12(14)17-4/h5-6,11H,13H2,1-4H3/t11-/m1/s1. The Balaban J connectivity index is 3.33. The van der Waals surface area contributed by atoms with Gasteiger partial charge in [-0.2, -0.15) is 0 Å². The lowest BCUT2D eigenvalue weighted by Gasteiger charge is -2.18. The van der Waals surface area contributed by atoms with Crippen LogP contribution in [0.2, 0.25) is 0 Å². The summed E-state index contributed by atoms with van der Waals surface area (Å²) in [4.78, 5) is 11.5. The first-order valence-electron chi connectivity index (χ1n) is 5.11. The number of methoxy groups -OCH3 is 3. The maximum absolute atomic E-state index is 11.5. The van der Waals surface area contributed by atoms with Gasteiger partial charge >= 0.3 is 5.97 Å². The maximum atomic E-state index is 11.5. The van der Waals surface area contributed by atoms with Crippen molar-refractivity contribution < 1.29 is 19.0 Å². The molecule has 1 aromatic carbocycles. The molecular formula is C12H17NO4. The maximum Gasteiger partial charge on any atom is 0.327 e. The molecule has 2 N–H and O–H groups in total. The van der Waals surface area contributed by atoms with Gasteiger partial charge in [-0.15, -0.1) is 0 Å². The largest absolute Gasteiger partial charge is 0.496 e. The number of hydrogen-bond acceptors (Lipinski definition) is 5. The SMILES string of the molecule is COC(=O)[C@H](N)c1c(OC)cc(C)cc1OC. The molecule has 0 fully saturated rings. The number of hydrogen-bond donors (Lipinski definition) is 1. The minimum atomic E-state index is -0.925. The Hall–Kier alpha value is -1.75. The van der Waals surface area contributed by atoms with Gasteiger partial charge in [0.2, 0.25) is 0 Å². The van der Waals surface area contributed by atoms with Crippen LogP contribution in [0.5, 0.6) is 11.5 Å². The minimum absolute atomic E-state index is 0.493. The van der Waals surface area contributed by atoms with Crippen molar-refractivity contribution in [2.75, 3.05) is 21.3 Å². The van der Waals surface area contributed by atoms with Crippen molar-refractivity contribution in [2.24, 2.45) is 5.73 Å². The average Bonchev–Trinajstić information content (AvgIpc) is 2.35. The number of aryl methyl sites for hydroxylation is 1. The molecule has 0 radical (unpaired) electrons. The second-order valence-electron chi connectivity index (χ2n) is 3.58. The van der Waals surface area contributed by atoms with E-state index in [9.17, 15) is 4.79 Å². The summed E-state index contributed by atoms with van der Waals surface area (Å²) in [5, 5.41) is 0. The summed E-state index contributed by atoms with van der Waals surface area (Å²) in [6.45, 7) is 1.90. The monoisotopic (exact) mass is 239 g/mol. The van der Waals surface area contributed by atoms with Gasteiger partial charge in [-0.05, 0) is 24.6 Å². The van der Waals surface area contributed by atoms with Crippen LogP contribution in [0.3, 0.4) is 0 Å². The van der Waals surface area contributed by atoms with Gasteiger partial charge < -0.3 is 19.9 Å². The van der Waals surface area contributed by atoms with Crippen LogP contribution in [-0.4, -0.2) is 27.3 Å². The van der Waals surface area contributed by atoms with E-state index in [1.54, 1.807) is 12.1 Å². The van der Waals surface area contributed by atoms with Gasteiger partial charge in [0.05, 0.1) is 26.9 Å². The second-order valence-corrected chi connectivity index (χ2v) is 3.58. The first kappa shape index (κ1) is 13.3. The fourth-order valence-electron chi connectivity index (χ4n) is 1.62. The molecule has 0 unspecified atom stereocenters. The Morgan fingerprint density at radius 2 is 1.65 bits per heavy atom. The molecular weight excluding hydrogens is 222 g/mol. The molecule has 0 aliphatic rings. The molecule has 0 aromatic heterocycles. The lowest BCUT2D eigenvalue weighted by atomic mass is 10.0. The van der Waals surface area contributed by atoms with Crippen molar-refractivity contribution in [1.82, 2.24) is 0 Å². The van der Waals surface area contributed by atoms with Crippen LogP contribution in [0.25, 0.3) is 0 Å². The number of rotatable bonds is 4. The normalized spacial score (nSPS) is 11.8. The Labute approximate surface area is 100 Å². The molecule has 17 heavy (non-hydrogen) atoms. The summed E-state index contributed by atoms with van der Waals surface area (Å²) < 4.78 is 15.1. The van der Waals surface area contributed by atoms with Crippen LogP contribution in [0.15, 0.2) is 12.1 Å². The van der Waals surface area contributed by atoms with Crippen molar-refractivity contribution in [1.29, 1.82) is 0 Å². The molecule has 0 bridgehead atoms. The Bertz CT molecular complexity index is 392. The lowest BCUT2D eigenvalue weighted by Crippen LogP contribution is -2.24. The molecule has 1 atom stereocenters. The van der Waals surface area contributed by atoms with Crippen LogP contribution in [-0.2, 0) is 9.53 Å². The van der Waals surface area contributed by atoms with Crippen LogP contribution in [0.1, 0.15) is 17.2 Å². The molecule has 0 spiro atoms. The van der Waals surface area contributed by atoms with E-state index in [0.717, 1.165) is 5.56 Å². The number of carbonyl (C=O) groups excluding carboxylic acids is 1. The highest BCUT2D eigenvalue weighted by Gasteiger charge is 2.25. The van der Waals surface area contributed by atoms with Gasteiger partial charge in [0.1, 0.15) is 17.5 Å². The van der Waals surface area contributed by atoms with Crippen molar-refractivity contribution in [3.63, 3.8) is 0 Å². The van der Waals surface area contributed by atoms with E-state index in [-0.39, 0.29) is 0 Å². The number of benzene rings is 1. The topological polar surface area (TPSA) is 70.8 Å². The van der Waals surface area contributed by atoms with Gasteiger partial charge in [0, 0.05) is 0 Å².